The monoisotopic (exact) mass is 338 g/mol. The van der Waals surface area contributed by atoms with Crippen LogP contribution in [0.2, 0.25) is 0 Å². The summed E-state index contributed by atoms with van der Waals surface area (Å²) in [4.78, 5) is 11.0. The lowest BCUT2D eigenvalue weighted by Crippen LogP contribution is -2.50. The Morgan fingerprint density at radius 1 is 1.33 bits per heavy atom. The molecule has 1 saturated carbocycles. The number of nitrogens with zero attached hydrogens (tertiary/aromatic N) is 4. The van der Waals surface area contributed by atoms with Gasteiger partial charge in [-0.1, -0.05) is 11.3 Å². The van der Waals surface area contributed by atoms with Crippen molar-refractivity contribution in [3.05, 3.63) is 53.6 Å². The van der Waals surface area contributed by atoms with E-state index in [0.29, 0.717) is 11.3 Å². The standard InChI is InChI=1S/C18H15FN4S/c1-23(17-22-14-6-5-12(11-20)10-15(14)24-17)18(7-3-8-18)16-13(19)4-2-9-21-16/h2,4-6,9-10H,3,7-8H2,1H3. The predicted octanol–water partition coefficient (Wildman–Crippen LogP) is 4.22. The van der Waals surface area contributed by atoms with Crippen molar-refractivity contribution in [3.8, 4) is 6.07 Å². The number of fused-ring (bicyclic) bond motifs is 1. The van der Waals surface area contributed by atoms with Gasteiger partial charge in [0.1, 0.15) is 11.5 Å². The zero-order valence-corrected chi connectivity index (χ0v) is 14.0. The molecule has 1 aliphatic carbocycles. The van der Waals surface area contributed by atoms with Crippen LogP contribution >= 0.6 is 11.3 Å². The molecule has 0 unspecified atom stereocenters. The van der Waals surface area contributed by atoms with Crippen molar-refractivity contribution in [3.63, 3.8) is 0 Å². The van der Waals surface area contributed by atoms with E-state index in [1.54, 1.807) is 18.3 Å². The summed E-state index contributed by atoms with van der Waals surface area (Å²) in [6.07, 6.45) is 4.40. The van der Waals surface area contributed by atoms with E-state index >= 15 is 0 Å². The molecule has 120 valence electrons. The minimum absolute atomic E-state index is 0.267. The first-order valence-corrected chi connectivity index (χ1v) is 8.61. The molecule has 4 nitrogen and oxygen atoms in total. The fourth-order valence-corrected chi connectivity index (χ4v) is 4.34. The number of hydrogen-bond donors (Lipinski definition) is 0. The number of benzene rings is 1. The van der Waals surface area contributed by atoms with Gasteiger partial charge in [-0.05, 0) is 49.6 Å². The van der Waals surface area contributed by atoms with Crippen LogP contribution in [-0.2, 0) is 5.54 Å². The first kappa shape index (κ1) is 15.0. The molecular weight excluding hydrogens is 323 g/mol. The van der Waals surface area contributed by atoms with Crippen LogP contribution in [0.3, 0.4) is 0 Å². The molecule has 0 radical (unpaired) electrons. The van der Waals surface area contributed by atoms with Gasteiger partial charge in [0.25, 0.3) is 0 Å². The minimum atomic E-state index is -0.433. The summed E-state index contributed by atoms with van der Waals surface area (Å²) in [6.45, 7) is 0. The van der Waals surface area contributed by atoms with E-state index in [-0.39, 0.29) is 5.82 Å². The number of rotatable bonds is 3. The molecule has 0 amide bonds. The SMILES string of the molecule is CN(c1nc2ccc(C#N)cc2s1)C1(c2ncccc2F)CCC1. The van der Waals surface area contributed by atoms with Crippen molar-refractivity contribution in [1.29, 1.82) is 5.26 Å². The highest BCUT2D eigenvalue weighted by molar-refractivity contribution is 7.22. The molecule has 0 saturated heterocycles. The van der Waals surface area contributed by atoms with Crippen LogP contribution in [0.15, 0.2) is 36.5 Å². The maximum absolute atomic E-state index is 14.3. The van der Waals surface area contributed by atoms with Gasteiger partial charge in [0.2, 0.25) is 0 Å². The van der Waals surface area contributed by atoms with Crippen LogP contribution in [0.4, 0.5) is 9.52 Å². The molecule has 1 aromatic carbocycles. The summed E-state index contributed by atoms with van der Waals surface area (Å²) in [7, 11) is 1.95. The molecule has 0 aliphatic heterocycles. The Morgan fingerprint density at radius 2 is 2.17 bits per heavy atom. The third-order valence-electron chi connectivity index (χ3n) is 4.82. The first-order chi connectivity index (χ1) is 11.6. The third kappa shape index (κ3) is 2.16. The number of aromatic nitrogens is 2. The molecule has 4 rings (SSSR count). The van der Waals surface area contributed by atoms with Crippen LogP contribution in [0.1, 0.15) is 30.5 Å². The fourth-order valence-electron chi connectivity index (χ4n) is 3.28. The fraction of sp³-hybridized carbons (Fsp3) is 0.278. The Kier molecular flexibility index (Phi) is 3.47. The lowest BCUT2D eigenvalue weighted by molar-refractivity contribution is 0.225. The molecule has 24 heavy (non-hydrogen) atoms. The second-order valence-corrected chi connectivity index (χ2v) is 7.08. The number of thiazole rings is 1. The molecule has 1 aliphatic rings. The molecule has 0 N–H and O–H groups in total. The molecule has 1 fully saturated rings. The molecule has 2 heterocycles. The smallest absolute Gasteiger partial charge is 0.186 e. The molecule has 2 aromatic heterocycles. The maximum atomic E-state index is 14.3. The minimum Gasteiger partial charge on any atom is -0.340 e. The maximum Gasteiger partial charge on any atom is 0.186 e. The Balaban J connectivity index is 1.78. The zero-order valence-electron chi connectivity index (χ0n) is 13.2. The molecule has 6 heteroatoms. The second kappa shape index (κ2) is 5.53. The third-order valence-corrected chi connectivity index (χ3v) is 5.91. The summed E-state index contributed by atoms with van der Waals surface area (Å²) in [5.74, 6) is -0.267. The molecular formula is C18H15FN4S. The van der Waals surface area contributed by atoms with Gasteiger partial charge in [0.15, 0.2) is 5.13 Å². The summed E-state index contributed by atoms with van der Waals surface area (Å²) >= 11 is 1.53. The van der Waals surface area contributed by atoms with Crippen LogP contribution in [0.5, 0.6) is 0 Å². The average molecular weight is 338 g/mol. The van der Waals surface area contributed by atoms with E-state index in [1.807, 2.05) is 19.2 Å². The van der Waals surface area contributed by atoms with Gasteiger partial charge >= 0.3 is 0 Å². The number of nitriles is 1. The molecule has 0 atom stereocenters. The first-order valence-electron chi connectivity index (χ1n) is 7.79. The van der Waals surface area contributed by atoms with E-state index in [4.69, 9.17) is 5.26 Å². The highest BCUT2D eigenvalue weighted by Crippen LogP contribution is 2.48. The van der Waals surface area contributed by atoms with Crippen molar-refractivity contribution in [2.45, 2.75) is 24.8 Å². The van der Waals surface area contributed by atoms with E-state index in [1.165, 1.54) is 17.4 Å². The van der Waals surface area contributed by atoms with Gasteiger partial charge in [-0.15, -0.1) is 0 Å². The summed E-state index contributed by atoms with van der Waals surface area (Å²) in [6, 6.07) is 10.7. The predicted molar refractivity (Wildman–Crippen MR) is 92.5 cm³/mol. The van der Waals surface area contributed by atoms with E-state index in [9.17, 15) is 4.39 Å². The van der Waals surface area contributed by atoms with Crippen LogP contribution in [-0.4, -0.2) is 17.0 Å². The van der Waals surface area contributed by atoms with Crippen molar-refractivity contribution in [1.82, 2.24) is 9.97 Å². The van der Waals surface area contributed by atoms with E-state index in [2.05, 4.69) is 20.9 Å². The highest BCUT2D eigenvalue weighted by Gasteiger charge is 2.46. The van der Waals surface area contributed by atoms with Gasteiger partial charge in [-0.2, -0.15) is 5.26 Å². The van der Waals surface area contributed by atoms with Crippen LogP contribution in [0.25, 0.3) is 10.2 Å². The summed E-state index contributed by atoms with van der Waals surface area (Å²) in [5, 5.41) is 9.87. The van der Waals surface area contributed by atoms with Crippen molar-refractivity contribution in [2.75, 3.05) is 11.9 Å². The van der Waals surface area contributed by atoms with Crippen molar-refractivity contribution >= 4 is 26.7 Å². The van der Waals surface area contributed by atoms with E-state index in [0.717, 1.165) is 34.6 Å². The Morgan fingerprint density at radius 3 is 2.83 bits per heavy atom. The number of pyridine rings is 1. The molecule has 0 spiro atoms. The Labute approximate surface area is 143 Å². The molecule has 3 aromatic rings. The van der Waals surface area contributed by atoms with Crippen LogP contribution in [0, 0.1) is 17.1 Å². The normalized spacial score (nSPS) is 15.7. The zero-order chi connectivity index (χ0) is 16.7. The number of halogens is 1. The Hall–Kier alpha value is -2.52. The number of anilines is 1. The topological polar surface area (TPSA) is 52.8 Å². The van der Waals surface area contributed by atoms with E-state index < -0.39 is 5.54 Å². The van der Waals surface area contributed by atoms with Gasteiger partial charge in [-0.3, -0.25) is 4.98 Å². The second-order valence-electron chi connectivity index (χ2n) is 6.07. The van der Waals surface area contributed by atoms with Gasteiger partial charge in [-0.25, -0.2) is 9.37 Å². The average Bonchev–Trinajstić information content (AvgIpc) is 2.98. The number of hydrogen-bond acceptors (Lipinski definition) is 5. The summed E-state index contributed by atoms with van der Waals surface area (Å²) < 4.78 is 15.3. The van der Waals surface area contributed by atoms with Crippen molar-refractivity contribution < 1.29 is 4.39 Å². The Bertz CT molecular complexity index is 955. The lowest BCUT2D eigenvalue weighted by Gasteiger charge is -2.48. The summed E-state index contributed by atoms with van der Waals surface area (Å²) in [5.41, 5.74) is 1.54. The highest BCUT2D eigenvalue weighted by atomic mass is 32.1. The van der Waals surface area contributed by atoms with Crippen molar-refractivity contribution in [2.24, 2.45) is 0 Å². The quantitative estimate of drug-likeness (QED) is 0.717. The van der Waals surface area contributed by atoms with Gasteiger partial charge < -0.3 is 4.90 Å². The largest absolute Gasteiger partial charge is 0.340 e. The molecule has 0 bridgehead atoms. The van der Waals surface area contributed by atoms with Gasteiger partial charge in [0.05, 0.1) is 27.4 Å². The van der Waals surface area contributed by atoms with Crippen LogP contribution < -0.4 is 4.90 Å². The lowest BCUT2D eigenvalue weighted by atomic mass is 9.73. The van der Waals surface area contributed by atoms with Gasteiger partial charge in [0, 0.05) is 13.2 Å².